The molecule has 0 saturated carbocycles. The van der Waals surface area contributed by atoms with Crippen molar-refractivity contribution in [1.82, 2.24) is 9.97 Å². The zero-order chi connectivity index (χ0) is 17.2. The second-order valence-corrected chi connectivity index (χ2v) is 8.60. The summed E-state index contributed by atoms with van der Waals surface area (Å²) in [6.07, 6.45) is 6.34. The Labute approximate surface area is 155 Å². The number of thioether (sulfide) groups is 1. The second kappa shape index (κ2) is 7.14. The van der Waals surface area contributed by atoms with Crippen LogP contribution >= 0.6 is 23.1 Å². The molecule has 0 aliphatic heterocycles. The standard InChI is InChI=1S/C19H19N3OS2/c1-12(17(23)22-13-7-3-2-4-8-13)24-18-16-14-9-5-6-10-15(14)25-19(16)21-11-20-18/h2-4,7-8,11-12H,5-6,9-10H2,1H3,(H,22,23)/t12-/m1/s1. The number of rotatable bonds is 4. The number of nitrogens with one attached hydrogen (secondary N) is 1. The van der Waals surface area contributed by atoms with Crippen LogP contribution in [-0.4, -0.2) is 21.1 Å². The molecule has 0 radical (unpaired) electrons. The van der Waals surface area contributed by atoms with E-state index >= 15 is 0 Å². The molecule has 6 heteroatoms. The molecular formula is C19H19N3OS2. The van der Waals surface area contributed by atoms with Crippen molar-refractivity contribution in [3.63, 3.8) is 0 Å². The molecular weight excluding hydrogens is 350 g/mol. The van der Waals surface area contributed by atoms with Crippen LogP contribution < -0.4 is 5.32 Å². The number of fused-ring (bicyclic) bond motifs is 3. The van der Waals surface area contributed by atoms with Gasteiger partial charge in [-0.3, -0.25) is 4.79 Å². The summed E-state index contributed by atoms with van der Waals surface area (Å²) in [5.74, 6) is -0.00735. The van der Waals surface area contributed by atoms with Gasteiger partial charge in [-0.25, -0.2) is 9.97 Å². The first kappa shape index (κ1) is 16.5. The molecule has 4 nitrogen and oxygen atoms in total. The molecule has 25 heavy (non-hydrogen) atoms. The van der Waals surface area contributed by atoms with E-state index in [4.69, 9.17) is 0 Å². The Morgan fingerprint density at radius 1 is 1.20 bits per heavy atom. The maximum absolute atomic E-state index is 12.5. The minimum atomic E-state index is -0.225. The fourth-order valence-corrected chi connectivity index (χ4v) is 5.38. The molecule has 1 N–H and O–H groups in total. The molecule has 1 atom stereocenters. The molecule has 1 aliphatic carbocycles. The normalized spacial score (nSPS) is 14.9. The summed E-state index contributed by atoms with van der Waals surface area (Å²) in [5, 5.41) is 4.84. The summed E-state index contributed by atoms with van der Waals surface area (Å²) >= 11 is 3.31. The highest BCUT2D eigenvalue weighted by Gasteiger charge is 2.23. The van der Waals surface area contributed by atoms with Gasteiger partial charge in [-0.2, -0.15) is 0 Å². The van der Waals surface area contributed by atoms with Gasteiger partial charge < -0.3 is 5.32 Å². The number of hydrogen-bond donors (Lipinski definition) is 1. The van der Waals surface area contributed by atoms with Crippen molar-refractivity contribution in [2.75, 3.05) is 5.32 Å². The third-order valence-electron chi connectivity index (χ3n) is 4.42. The quantitative estimate of drug-likeness (QED) is 0.535. The number of thiophene rings is 1. The molecule has 2 aromatic heterocycles. The van der Waals surface area contributed by atoms with Crippen LogP contribution in [0.25, 0.3) is 10.2 Å². The van der Waals surface area contributed by atoms with Gasteiger partial charge in [-0.15, -0.1) is 11.3 Å². The highest BCUT2D eigenvalue weighted by atomic mass is 32.2. The molecule has 0 bridgehead atoms. The topological polar surface area (TPSA) is 54.9 Å². The third kappa shape index (κ3) is 3.41. The summed E-state index contributed by atoms with van der Waals surface area (Å²) in [6.45, 7) is 1.93. The van der Waals surface area contributed by atoms with Crippen LogP contribution in [0, 0.1) is 0 Å². The molecule has 3 aromatic rings. The van der Waals surface area contributed by atoms with Crippen LogP contribution in [-0.2, 0) is 17.6 Å². The number of para-hydroxylation sites is 1. The van der Waals surface area contributed by atoms with E-state index in [-0.39, 0.29) is 11.2 Å². The summed E-state index contributed by atoms with van der Waals surface area (Å²) in [5.41, 5.74) is 2.23. The fraction of sp³-hybridized carbons (Fsp3) is 0.316. The molecule has 1 amide bonds. The number of amides is 1. The fourth-order valence-electron chi connectivity index (χ4n) is 3.14. The second-order valence-electron chi connectivity index (χ2n) is 6.19. The van der Waals surface area contributed by atoms with Gasteiger partial charge in [0.25, 0.3) is 0 Å². The van der Waals surface area contributed by atoms with Crippen molar-refractivity contribution >= 4 is 44.9 Å². The molecule has 0 spiro atoms. The van der Waals surface area contributed by atoms with Crippen molar-refractivity contribution in [2.45, 2.75) is 42.9 Å². The minimum Gasteiger partial charge on any atom is -0.325 e. The molecule has 0 fully saturated rings. The molecule has 0 unspecified atom stereocenters. The van der Waals surface area contributed by atoms with E-state index < -0.39 is 0 Å². The summed E-state index contributed by atoms with van der Waals surface area (Å²) in [6, 6.07) is 9.56. The summed E-state index contributed by atoms with van der Waals surface area (Å²) in [7, 11) is 0. The van der Waals surface area contributed by atoms with E-state index in [1.165, 1.54) is 40.4 Å². The number of benzene rings is 1. The van der Waals surface area contributed by atoms with Crippen LogP contribution in [0.1, 0.15) is 30.2 Å². The molecule has 1 aliphatic rings. The van der Waals surface area contributed by atoms with Gasteiger partial charge in [0.1, 0.15) is 16.2 Å². The summed E-state index contributed by atoms with van der Waals surface area (Å²) in [4.78, 5) is 24.0. The third-order valence-corrected chi connectivity index (χ3v) is 6.72. The number of carbonyl (C=O) groups excluding carboxylic acids is 1. The predicted octanol–water partition coefficient (Wildman–Crippen LogP) is 4.69. The first-order valence-electron chi connectivity index (χ1n) is 8.50. The van der Waals surface area contributed by atoms with Gasteiger partial charge in [-0.1, -0.05) is 30.0 Å². The number of aromatic nitrogens is 2. The van der Waals surface area contributed by atoms with E-state index in [0.29, 0.717) is 0 Å². The summed E-state index contributed by atoms with van der Waals surface area (Å²) < 4.78 is 0. The van der Waals surface area contributed by atoms with Crippen molar-refractivity contribution in [3.8, 4) is 0 Å². The van der Waals surface area contributed by atoms with Gasteiger partial charge in [0.2, 0.25) is 5.91 Å². The van der Waals surface area contributed by atoms with Crippen LogP contribution in [0.3, 0.4) is 0 Å². The van der Waals surface area contributed by atoms with Crippen molar-refractivity contribution in [1.29, 1.82) is 0 Å². The van der Waals surface area contributed by atoms with Gasteiger partial charge in [0, 0.05) is 16.0 Å². The largest absolute Gasteiger partial charge is 0.325 e. The Hall–Kier alpha value is -1.92. The number of anilines is 1. The highest BCUT2D eigenvalue weighted by molar-refractivity contribution is 8.00. The van der Waals surface area contributed by atoms with Crippen LogP contribution in [0.4, 0.5) is 5.69 Å². The van der Waals surface area contributed by atoms with Gasteiger partial charge in [-0.05, 0) is 50.3 Å². The Morgan fingerprint density at radius 3 is 2.84 bits per heavy atom. The molecule has 128 valence electrons. The Morgan fingerprint density at radius 2 is 2.00 bits per heavy atom. The van der Waals surface area contributed by atoms with Gasteiger partial charge in [0.05, 0.1) is 5.25 Å². The number of nitrogens with zero attached hydrogens (tertiary/aromatic N) is 2. The van der Waals surface area contributed by atoms with E-state index in [2.05, 4.69) is 15.3 Å². The average Bonchev–Trinajstić information content (AvgIpc) is 3.02. The zero-order valence-corrected chi connectivity index (χ0v) is 15.6. The van der Waals surface area contributed by atoms with Gasteiger partial charge in [0.15, 0.2) is 0 Å². The lowest BCUT2D eigenvalue weighted by molar-refractivity contribution is -0.115. The predicted molar refractivity (Wildman–Crippen MR) is 104 cm³/mol. The van der Waals surface area contributed by atoms with E-state index in [1.807, 2.05) is 37.3 Å². The number of carbonyl (C=O) groups is 1. The van der Waals surface area contributed by atoms with Crippen LogP contribution in [0.2, 0.25) is 0 Å². The van der Waals surface area contributed by atoms with Crippen molar-refractivity contribution in [2.24, 2.45) is 0 Å². The van der Waals surface area contributed by atoms with E-state index in [0.717, 1.165) is 28.4 Å². The monoisotopic (exact) mass is 369 g/mol. The number of aryl methyl sites for hydroxylation is 2. The lowest BCUT2D eigenvalue weighted by Gasteiger charge is -2.14. The maximum Gasteiger partial charge on any atom is 0.237 e. The molecule has 2 heterocycles. The number of hydrogen-bond acceptors (Lipinski definition) is 5. The van der Waals surface area contributed by atoms with Crippen molar-refractivity contribution < 1.29 is 4.79 Å². The van der Waals surface area contributed by atoms with Crippen molar-refractivity contribution in [3.05, 3.63) is 47.1 Å². The minimum absolute atomic E-state index is 0.00735. The van der Waals surface area contributed by atoms with E-state index in [9.17, 15) is 4.79 Å². The maximum atomic E-state index is 12.5. The Bertz CT molecular complexity index is 908. The van der Waals surface area contributed by atoms with Crippen LogP contribution in [0.5, 0.6) is 0 Å². The highest BCUT2D eigenvalue weighted by Crippen LogP contribution is 2.40. The van der Waals surface area contributed by atoms with E-state index in [1.54, 1.807) is 17.7 Å². The van der Waals surface area contributed by atoms with Gasteiger partial charge >= 0.3 is 0 Å². The SMILES string of the molecule is C[C@@H](Sc1ncnc2sc3c(c12)CCCC3)C(=O)Nc1ccccc1. The van der Waals surface area contributed by atoms with Crippen LogP contribution in [0.15, 0.2) is 41.7 Å². The average molecular weight is 370 g/mol. The first-order chi connectivity index (χ1) is 12.2. The first-order valence-corrected chi connectivity index (χ1v) is 10.2. The zero-order valence-electron chi connectivity index (χ0n) is 14.0. The smallest absolute Gasteiger partial charge is 0.237 e. The Kier molecular flexibility index (Phi) is 4.72. The lowest BCUT2D eigenvalue weighted by Crippen LogP contribution is -2.22. The molecule has 4 rings (SSSR count). The Balaban J connectivity index is 1.58. The molecule has 0 saturated heterocycles. The lowest BCUT2D eigenvalue weighted by atomic mass is 9.97. The molecule has 1 aromatic carbocycles.